The largest absolute Gasteiger partial charge is 0.261 e. The maximum Gasteiger partial charge on any atom is 0.243 e. The van der Waals surface area contributed by atoms with Crippen molar-refractivity contribution >= 4 is 42.6 Å². The number of H-pyrrole nitrogens is 1. The molecule has 7 nitrogen and oxygen atoms in total. The van der Waals surface area contributed by atoms with Crippen LogP contribution in [0, 0.1) is 0 Å². The Morgan fingerprint density at radius 3 is 3.04 bits per heavy atom. The molecule has 5 rings (SSSR count). The van der Waals surface area contributed by atoms with Gasteiger partial charge in [-0.15, -0.1) is 11.3 Å². The van der Waals surface area contributed by atoms with Crippen molar-refractivity contribution in [1.82, 2.24) is 24.5 Å². The zero-order chi connectivity index (χ0) is 17.0. The van der Waals surface area contributed by atoms with Gasteiger partial charge in [0.2, 0.25) is 10.0 Å². The maximum atomic E-state index is 13.0. The highest BCUT2D eigenvalue weighted by Crippen LogP contribution is 2.30. The molecule has 0 spiro atoms. The lowest BCUT2D eigenvalue weighted by Gasteiger charge is -2.28. The number of pyridine rings is 1. The van der Waals surface area contributed by atoms with Gasteiger partial charge in [-0.2, -0.15) is 9.40 Å². The van der Waals surface area contributed by atoms with E-state index >= 15 is 0 Å². The van der Waals surface area contributed by atoms with Crippen molar-refractivity contribution < 1.29 is 8.42 Å². The maximum absolute atomic E-state index is 13.0. The molecule has 1 aliphatic rings. The van der Waals surface area contributed by atoms with E-state index in [0.717, 1.165) is 32.4 Å². The van der Waals surface area contributed by atoms with Crippen LogP contribution in [0.15, 0.2) is 41.0 Å². The van der Waals surface area contributed by atoms with Crippen LogP contribution in [0.25, 0.3) is 21.3 Å². The molecule has 1 N–H and O–H groups in total. The van der Waals surface area contributed by atoms with Crippen molar-refractivity contribution in [3.8, 4) is 0 Å². The van der Waals surface area contributed by atoms with E-state index in [-0.39, 0.29) is 0 Å². The zero-order valence-electron chi connectivity index (χ0n) is 13.0. The van der Waals surface area contributed by atoms with Crippen LogP contribution in [0.5, 0.6) is 0 Å². The van der Waals surface area contributed by atoms with Crippen LogP contribution in [-0.2, 0) is 23.0 Å². The van der Waals surface area contributed by atoms with Crippen molar-refractivity contribution in [3.63, 3.8) is 0 Å². The number of sulfonamides is 1. The van der Waals surface area contributed by atoms with Gasteiger partial charge in [0, 0.05) is 24.7 Å². The summed E-state index contributed by atoms with van der Waals surface area (Å²) in [4.78, 5) is 8.84. The van der Waals surface area contributed by atoms with Gasteiger partial charge in [0.1, 0.15) is 0 Å². The van der Waals surface area contributed by atoms with Crippen LogP contribution in [-0.4, -0.2) is 39.4 Å². The Morgan fingerprint density at radius 2 is 2.12 bits per heavy atom. The monoisotopic (exact) mass is 371 g/mol. The average molecular weight is 371 g/mol. The molecule has 0 saturated heterocycles. The molecule has 9 heteroatoms. The number of aromatic amines is 1. The van der Waals surface area contributed by atoms with Crippen molar-refractivity contribution in [1.29, 1.82) is 0 Å². The minimum Gasteiger partial charge on any atom is -0.261 e. The number of rotatable bonds is 2. The number of hydrogen-bond acceptors (Lipinski definition) is 6. The Bertz CT molecular complexity index is 1210. The number of nitrogens with one attached hydrogen (secondary N) is 1. The first kappa shape index (κ1) is 14.9. The van der Waals surface area contributed by atoms with Crippen molar-refractivity contribution in [3.05, 3.63) is 47.2 Å². The number of hydrogen-bond donors (Lipinski definition) is 1. The molecule has 0 fully saturated rings. The number of aromatic nitrogens is 4. The van der Waals surface area contributed by atoms with Crippen LogP contribution in [0.4, 0.5) is 0 Å². The van der Waals surface area contributed by atoms with Crippen molar-refractivity contribution in [2.75, 3.05) is 6.54 Å². The molecule has 0 atom stereocenters. The number of nitrogens with zero attached hydrogens (tertiary/aromatic N) is 4. The molecule has 0 bridgehead atoms. The molecule has 3 aromatic heterocycles. The zero-order valence-corrected chi connectivity index (χ0v) is 14.6. The van der Waals surface area contributed by atoms with E-state index in [1.54, 1.807) is 36.1 Å². The first-order valence-corrected chi connectivity index (χ1v) is 10.1. The Balaban J connectivity index is 1.54. The Hall–Kier alpha value is -2.36. The number of thiazole rings is 1. The summed E-state index contributed by atoms with van der Waals surface area (Å²) in [5, 5.41) is 7.85. The van der Waals surface area contributed by atoms with E-state index in [0.29, 0.717) is 24.4 Å². The van der Waals surface area contributed by atoms with E-state index in [9.17, 15) is 8.42 Å². The third-order valence-corrected chi connectivity index (χ3v) is 7.21. The lowest BCUT2D eigenvalue weighted by molar-refractivity contribution is 0.392. The highest BCUT2D eigenvalue weighted by molar-refractivity contribution is 7.89. The van der Waals surface area contributed by atoms with Crippen LogP contribution in [0.3, 0.4) is 0 Å². The molecule has 0 saturated carbocycles. The molecule has 1 aliphatic heterocycles. The van der Waals surface area contributed by atoms with Crippen LogP contribution < -0.4 is 0 Å². The first-order chi connectivity index (χ1) is 12.1. The second-order valence-electron chi connectivity index (χ2n) is 5.96. The smallest absolute Gasteiger partial charge is 0.243 e. The standard InChI is InChI=1S/C16H13N5O2S2/c22-25(23,11-1-2-14-15(5-11)24-9-18-14)21-4-3-12-10(8-21)6-17-16-13(12)7-19-20-16/h1-2,5-7,9H,3-4,8H2,(H,17,19,20). The van der Waals surface area contributed by atoms with E-state index in [2.05, 4.69) is 20.2 Å². The quantitative estimate of drug-likeness (QED) is 0.584. The molecule has 25 heavy (non-hydrogen) atoms. The summed E-state index contributed by atoms with van der Waals surface area (Å²) < 4.78 is 28.5. The van der Waals surface area contributed by atoms with Crippen molar-refractivity contribution in [2.45, 2.75) is 17.9 Å². The van der Waals surface area contributed by atoms with E-state index < -0.39 is 10.0 Å². The van der Waals surface area contributed by atoms with Crippen LogP contribution in [0.2, 0.25) is 0 Å². The fraction of sp³-hybridized carbons (Fsp3) is 0.188. The molecule has 126 valence electrons. The van der Waals surface area contributed by atoms with Crippen molar-refractivity contribution in [2.24, 2.45) is 0 Å². The van der Waals surface area contributed by atoms with Gasteiger partial charge in [-0.25, -0.2) is 18.4 Å². The summed E-state index contributed by atoms with van der Waals surface area (Å²) in [5.74, 6) is 0. The van der Waals surface area contributed by atoms with Gasteiger partial charge in [-0.05, 0) is 35.7 Å². The Labute approximate surface area is 147 Å². The molecular weight excluding hydrogens is 358 g/mol. The predicted octanol–water partition coefficient (Wildman–Crippen LogP) is 2.31. The molecule has 0 aliphatic carbocycles. The number of fused-ring (bicyclic) bond motifs is 4. The van der Waals surface area contributed by atoms with Gasteiger partial charge < -0.3 is 0 Å². The molecule has 0 amide bonds. The van der Waals surface area contributed by atoms with E-state index in [1.165, 1.54) is 15.6 Å². The second kappa shape index (κ2) is 5.32. The minimum absolute atomic E-state index is 0.310. The summed E-state index contributed by atoms with van der Waals surface area (Å²) in [6.45, 7) is 0.771. The molecule has 0 unspecified atom stereocenters. The Kier molecular flexibility index (Phi) is 3.18. The molecule has 1 aromatic carbocycles. The fourth-order valence-corrected chi connectivity index (χ4v) is 5.52. The average Bonchev–Trinajstić information content (AvgIpc) is 3.29. The highest BCUT2D eigenvalue weighted by Gasteiger charge is 2.29. The predicted molar refractivity (Wildman–Crippen MR) is 94.8 cm³/mol. The van der Waals surface area contributed by atoms with Gasteiger partial charge in [0.15, 0.2) is 5.65 Å². The third kappa shape index (κ3) is 2.27. The summed E-state index contributed by atoms with van der Waals surface area (Å²) in [6, 6.07) is 5.09. The molecule has 0 radical (unpaired) electrons. The molecule has 4 heterocycles. The lowest BCUT2D eigenvalue weighted by Crippen LogP contribution is -2.36. The molecular formula is C16H13N5O2S2. The van der Waals surface area contributed by atoms with Crippen LogP contribution in [0.1, 0.15) is 11.1 Å². The topological polar surface area (TPSA) is 91.8 Å². The van der Waals surface area contributed by atoms with Gasteiger partial charge in [-0.1, -0.05) is 0 Å². The second-order valence-corrected chi connectivity index (χ2v) is 8.79. The van der Waals surface area contributed by atoms with Gasteiger partial charge in [-0.3, -0.25) is 5.10 Å². The fourth-order valence-electron chi connectivity index (χ4n) is 3.28. The van der Waals surface area contributed by atoms with Gasteiger partial charge in [0.05, 0.1) is 26.8 Å². The minimum atomic E-state index is -3.55. The summed E-state index contributed by atoms with van der Waals surface area (Å²) in [7, 11) is -3.55. The summed E-state index contributed by atoms with van der Waals surface area (Å²) in [6.07, 6.45) is 4.14. The lowest BCUT2D eigenvalue weighted by atomic mass is 10.0. The Morgan fingerprint density at radius 1 is 1.20 bits per heavy atom. The number of benzene rings is 1. The van der Waals surface area contributed by atoms with Gasteiger partial charge in [0.25, 0.3) is 0 Å². The molecule has 4 aromatic rings. The first-order valence-electron chi connectivity index (χ1n) is 7.76. The third-order valence-electron chi connectivity index (χ3n) is 4.58. The normalized spacial score (nSPS) is 15.7. The van der Waals surface area contributed by atoms with Gasteiger partial charge >= 0.3 is 0 Å². The SMILES string of the molecule is O=S(=O)(c1ccc2ncsc2c1)N1CCc2c(cnc3[nH]ncc23)C1. The van der Waals surface area contributed by atoms with E-state index in [1.807, 2.05) is 0 Å². The van der Waals surface area contributed by atoms with Crippen LogP contribution >= 0.6 is 11.3 Å². The summed E-state index contributed by atoms with van der Waals surface area (Å²) in [5.41, 5.74) is 5.34. The highest BCUT2D eigenvalue weighted by atomic mass is 32.2. The van der Waals surface area contributed by atoms with E-state index in [4.69, 9.17) is 0 Å². The summed E-state index contributed by atoms with van der Waals surface area (Å²) >= 11 is 1.44.